The maximum absolute atomic E-state index is 14.0. The van der Waals surface area contributed by atoms with E-state index in [1.165, 1.54) is 30.6 Å². The smallest absolute Gasteiger partial charge is 0.205 e. The average Bonchev–Trinajstić information content (AvgIpc) is 2.92. The third-order valence-electron chi connectivity index (χ3n) is 3.16. The number of H-pyrrole nitrogens is 1. The Kier molecular flexibility index (Phi) is 2.88. The van der Waals surface area contributed by atoms with Crippen LogP contribution in [0.1, 0.15) is 15.9 Å². The van der Waals surface area contributed by atoms with Crippen LogP contribution in [-0.2, 0) is 0 Å². The molecule has 3 rings (SSSR count). The predicted molar refractivity (Wildman–Crippen MR) is 76.6 cm³/mol. The monoisotopic (exact) mass is 280 g/mol. The van der Waals surface area contributed by atoms with E-state index in [0.29, 0.717) is 16.7 Å². The number of nitrogens with one attached hydrogen (secondary N) is 1. The molecule has 0 saturated carbocycles. The maximum Gasteiger partial charge on any atom is 0.205 e. The molecule has 2 aromatic heterocycles. The largest absolute Gasteiger partial charge is 0.396 e. The first-order valence-corrected chi connectivity index (χ1v) is 6.05. The van der Waals surface area contributed by atoms with Crippen molar-refractivity contribution in [3.63, 3.8) is 0 Å². The summed E-state index contributed by atoms with van der Waals surface area (Å²) in [6, 6.07) is 5.82. The molecular weight excluding hydrogens is 271 g/mol. The van der Waals surface area contributed by atoms with E-state index >= 15 is 0 Å². The van der Waals surface area contributed by atoms with Crippen molar-refractivity contribution >= 4 is 28.2 Å². The van der Waals surface area contributed by atoms with Gasteiger partial charge >= 0.3 is 0 Å². The van der Waals surface area contributed by atoms with Crippen molar-refractivity contribution < 1.29 is 9.18 Å². The van der Waals surface area contributed by atoms with Crippen LogP contribution < -0.4 is 5.73 Å². The summed E-state index contributed by atoms with van der Waals surface area (Å²) >= 11 is 0. The number of aromatic amines is 1. The molecule has 0 aliphatic rings. The Hall–Kier alpha value is -3.20. The highest BCUT2D eigenvalue weighted by molar-refractivity contribution is 6.16. The number of halogens is 1. The van der Waals surface area contributed by atoms with E-state index in [2.05, 4.69) is 14.8 Å². The molecule has 0 atom stereocenters. The number of carbonyl (C=O) groups is 1. The van der Waals surface area contributed by atoms with Crippen molar-refractivity contribution in [3.05, 3.63) is 65.0 Å². The van der Waals surface area contributed by atoms with E-state index in [1.54, 1.807) is 6.07 Å². The Labute approximate surface area is 119 Å². The SMILES string of the molecule is [C-]#[N+]c1cnc2[nH]cc(C(=O)c3cccc(N)c3F)c2c1. The molecule has 0 aliphatic carbocycles. The standard InChI is InChI=1S/C15H9FN4O/c1-18-8-5-10-11(7-20-15(10)19-6-8)14(21)9-3-2-4-12(17)13(9)16/h2-7H,17H2,(H,19,20). The van der Waals surface area contributed by atoms with Crippen molar-refractivity contribution in [2.45, 2.75) is 0 Å². The van der Waals surface area contributed by atoms with Gasteiger partial charge in [-0.2, -0.15) is 0 Å². The maximum atomic E-state index is 14.0. The van der Waals surface area contributed by atoms with Crippen LogP contribution in [0.3, 0.4) is 0 Å². The molecule has 5 nitrogen and oxygen atoms in total. The quantitative estimate of drug-likeness (QED) is 0.430. The van der Waals surface area contributed by atoms with Crippen LogP contribution >= 0.6 is 0 Å². The first-order valence-electron chi connectivity index (χ1n) is 6.05. The summed E-state index contributed by atoms with van der Waals surface area (Å²) in [7, 11) is 0. The van der Waals surface area contributed by atoms with Gasteiger partial charge in [-0.05, 0) is 18.2 Å². The van der Waals surface area contributed by atoms with E-state index in [-0.39, 0.29) is 16.8 Å². The van der Waals surface area contributed by atoms with Gasteiger partial charge in [0.15, 0.2) is 11.6 Å². The normalized spacial score (nSPS) is 10.5. The summed E-state index contributed by atoms with van der Waals surface area (Å²) in [4.78, 5) is 22.6. The number of aromatic nitrogens is 2. The van der Waals surface area contributed by atoms with Crippen molar-refractivity contribution in [1.29, 1.82) is 0 Å². The number of ketones is 1. The summed E-state index contributed by atoms with van der Waals surface area (Å²) in [6.45, 7) is 6.99. The number of fused-ring (bicyclic) bond motifs is 1. The predicted octanol–water partition coefficient (Wildman–Crippen LogP) is 3.07. The summed E-state index contributed by atoms with van der Waals surface area (Å²) in [5.41, 5.74) is 6.33. The lowest BCUT2D eigenvalue weighted by Crippen LogP contribution is -2.05. The zero-order chi connectivity index (χ0) is 15.0. The number of carbonyl (C=O) groups excluding carboxylic acids is 1. The second kappa shape index (κ2) is 4.72. The lowest BCUT2D eigenvalue weighted by atomic mass is 10.0. The number of nitrogen functional groups attached to an aromatic ring is 1. The molecule has 2 heterocycles. The van der Waals surface area contributed by atoms with Gasteiger partial charge in [0.2, 0.25) is 5.69 Å². The summed E-state index contributed by atoms with van der Waals surface area (Å²) < 4.78 is 14.0. The average molecular weight is 280 g/mol. The molecule has 102 valence electrons. The van der Waals surface area contributed by atoms with Crippen LogP contribution in [-0.4, -0.2) is 15.8 Å². The highest BCUT2D eigenvalue weighted by Crippen LogP contribution is 2.25. The van der Waals surface area contributed by atoms with Crippen LogP contribution in [0.4, 0.5) is 15.8 Å². The second-order valence-electron chi connectivity index (χ2n) is 4.44. The van der Waals surface area contributed by atoms with Gasteiger partial charge in [0.25, 0.3) is 0 Å². The van der Waals surface area contributed by atoms with Gasteiger partial charge in [0.05, 0.1) is 17.8 Å². The molecule has 0 radical (unpaired) electrons. The number of hydrogen-bond acceptors (Lipinski definition) is 3. The Morgan fingerprint density at radius 3 is 2.95 bits per heavy atom. The van der Waals surface area contributed by atoms with E-state index in [1.807, 2.05) is 0 Å². The van der Waals surface area contributed by atoms with E-state index in [9.17, 15) is 9.18 Å². The molecule has 0 fully saturated rings. The van der Waals surface area contributed by atoms with E-state index in [0.717, 1.165) is 0 Å². The van der Waals surface area contributed by atoms with Gasteiger partial charge < -0.3 is 10.7 Å². The fraction of sp³-hybridized carbons (Fsp3) is 0. The van der Waals surface area contributed by atoms with Gasteiger partial charge in [-0.25, -0.2) is 9.24 Å². The number of hydrogen-bond donors (Lipinski definition) is 2. The first-order chi connectivity index (χ1) is 10.1. The molecule has 3 aromatic rings. The molecule has 21 heavy (non-hydrogen) atoms. The van der Waals surface area contributed by atoms with Crippen LogP contribution in [0, 0.1) is 12.4 Å². The Morgan fingerprint density at radius 2 is 2.19 bits per heavy atom. The van der Waals surface area contributed by atoms with E-state index < -0.39 is 11.6 Å². The van der Waals surface area contributed by atoms with Gasteiger partial charge in [-0.3, -0.25) is 9.78 Å². The Balaban J connectivity index is 2.18. The Morgan fingerprint density at radius 1 is 1.38 bits per heavy atom. The van der Waals surface area contributed by atoms with E-state index in [4.69, 9.17) is 12.3 Å². The van der Waals surface area contributed by atoms with Crippen LogP contribution in [0.5, 0.6) is 0 Å². The molecule has 1 aromatic carbocycles. The van der Waals surface area contributed by atoms with Gasteiger partial charge in [0, 0.05) is 23.3 Å². The fourth-order valence-corrected chi connectivity index (χ4v) is 2.11. The molecular formula is C15H9FN4O. The van der Waals surface area contributed by atoms with Crippen LogP contribution in [0.25, 0.3) is 15.9 Å². The molecule has 0 aliphatic heterocycles. The number of rotatable bonds is 2. The lowest BCUT2D eigenvalue weighted by Gasteiger charge is -2.03. The van der Waals surface area contributed by atoms with Crippen molar-refractivity contribution in [2.75, 3.05) is 5.73 Å². The third-order valence-corrected chi connectivity index (χ3v) is 3.16. The highest BCUT2D eigenvalue weighted by Gasteiger charge is 2.19. The van der Waals surface area contributed by atoms with Gasteiger partial charge in [0.1, 0.15) is 5.65 Å². The van der Waals surface area contributed by atoms with Crippen molar-refractivity contribution in [1.82, 2.24) is 9.97 Å². The molecule has 0 spiro atoms. The van der Waals surface area contributed by atoms with Gasteiger partial charge in [-0.15, -0.1) is 0 Å². The zero-order valence-corrected chi connectivity index (χ0v) is 10.7. The Bertz CT molecular complexity index is 908. The molecule has 3 N–H and O–H groups in total. The lowest BCUT2D eigenvalue weighted by molar-refractivity contribution is 0.103. The molecule has 0 amide bonds. The highest BCUT2D eigenvalue weighted by atomic mass is 19.1. The van der Waals surface area contributed by atoms with Crippen LogP contribution in [0.2, 0.25) is 0 Å². The summed E-state index contributed by atoms with van der Waals surface area (Å²) in [6.07, 6.45) is 2.86. The number of benzene rings is 1. The number of nitrogens with two attached hydrogens (primary N) is 1. The topological polar surface area (TPSA) is 76.1 Å². The minimum atomic E-state index is -0.744. The minimum Gasteiger partial charge on any atom is -0.396 e. The second-order valence-corrected chi connectivity index (χ2v) is 4.44. The van der Waals surface area contributed by atoms with Gasteiger partial charge in [-0.1, -0.05) is 6.07 Å². The molecule has 0 unspecified atom stereocenters. The van der Waals surface area contributed by atoms with Crippen LogP contribution in [0.15, 0.2) is 36.7 Å². The molecule has 0 bridgehead atoms. The van der Waals surface area contributed by atoms with Crippen molar-refractivity contribution in [3.8, 4) is 0 Å². The molecule has 0 saturated heterocycles. The number of anilines is 1. The van der Waals surface area contributed by atoms with Crippen molar-refractivity contribution in [2.24, 2.45) is 0 Å². The fourth-order valence-electron chi connectivity index (χ4n) is 2.11. The third kappa shape index (κ3) is 2.01. The summed E-state index contributed by atoms with van der Waals surface area (Å²) in [5, 5.41) is 0.482. The minimum absolute atomic E-state index is 0.0827. The number of nitrogens with zero attached hydrogens (tertiary/aromatic N) is 2. The number of pyridine rings is 1. The molecule has 6 heteroatoms. The summed E-state index contributed by atoms with van der Waals surface area (Å²) in [5.74, 6) is -1.25. The first kappa shape index (κ1) is 12.8. The zero-order valence-electron chi connectivity index (χ0n) is 10.7.